The van der Waals surface area contributed by atoms with Crippen LogP contribution < -0.4 is 10.2 Å². The maximum absolute atomic E-state index is 12.1. The molecule has 4 rings (SSSR count). The van der Waals surface area contributed by atoms with Crippen LogP contribution in [0.3, 0.4) is 0 Å². The van der Waals surface area contributed by atoms with Crippen molar-refractivity contribution in [2.45, 2.75) is 38.6 Å². The topological polar surface area (TPSA) is 88.8 Å². The molecule has 1 aliphatic rings. The van der Waals surface area contributed by atoms with Crippen molar-refractivity contribution < 1.29 is 4.79 Å². The summed E-state index contributed by atoms with van der Waals surface area (Å²) in [4.78, 5) is 20.6. The van der Waals surface area contributed by atoms with E-state index in [2.05, 4.69) is 36.0 Å². The molecule has 8 nitrogen and oxygen atoms in total. The summed E-state index contributed by atoms with van der Waals surface area (Å²) in [6, 6.07) is 9.74. The number of nitrogens with one attached hydrogen (secondary N) is 1. The Balaban J connectivity index is 1.14. The summed E-state index contributed by atoms with van der Waals surface area (Å²) in [5, 5.41) is 18.7. The van der Waals surface area contributed by atoms with Crippen molar-refractivity contribution in [2.75, 3.05) is 24.5 Å². The van der Waals surface area contributed by atoms with Gasteiger partial charge in [-0.2, -0.15) is 4.80 Å². The number of tetrazole rings is 1. The average Bonchev–Trinajstić information content (AvgIpc) is 3.50. The number of hydrogen-bond donors (Lipinski definition) is 1. The van der Waals surface area contributed by atoms with E-state index in [1.54, 1.807) is 16.1 Å². The first-order chi connectivity index (χ1) is 14.3. The zero-order chi connectivity index (χ0) is 19.9. The second kappa shape index (κ2) is 9.60. The van der Waals surface area contributed by atoms with Gasteiger partial charge in [-0.25, -0.2) is 4.98 Å². The number of nitrogens with zero attached hydrogens (tertiary/aromatic N) is 6. The van der Waals surface area contributed by atoms with E-state index in [0.29, 0.717) is 31.8 Å². The molecule has 0 spiro atoms. The lowest BCUT2D eigenvalue weighted by Crippen LogP contribution is -2.26. The van der Waals surface area contributed by atoms with Gasteiger partial charge in [0.15, 0.2) is 5.13 Å². The van der Waals surface area contributed by atoms with Gasteiger partial charge in [0.25, 0.3) is 0 Å². The molecule has 3 heterocycles. The van der Waals surface area contributed by atoms with Crippen molar-refractivity contribution in [1.29, 1.82) is 0 Å². The number of benzene rings is 1. The van der Waals surface area contributed by atoms with Crippen molar-refractivity contribution in [3.8, 4) is 11.4 Å². The van der Waals surface area contributed by atoms with E-state index in [9.17, 15) is 4.79 Å². The smallest absolute Gasteiger partial charge is 0.220 e. The lowest BCUT2D eigenvalue weighted by Gasteiger charge is -2.12. The summed E-state index contributed by atoms with van der Waals surface area (Å²) in [7, 11) is 0. The van der Waals surface area contributed by atoms with Crippen LogP contribution in [0.15, 0.2) is 35.7 Å². The molecule has 0 bridgehead atoms. The molecule has 1 N–H and O–H groups in total. The first-order valence-corrected chi connectivity index (χ1v) is 11.0. The molecule has 2 aromatic heterocycles. The lowest BCUT2D eigenvalue weighted by atomic mass is 10.2. The van der Waals surface area contributed by atoms with Gasteiger partial charge in [-0.3, -0.25) is 4.79 Å². The van der Waals surface area contributed by atoms with E-state index in [1.807, 2.05) is 30.3 Å². The van der Waals surface area contributed by atoms with Crippen molar-refractivity contribution in [3.05, 3.63) is 41.4 Å². The molecule has 9 heteroatoms. The van der Waals surface area contributed by atoms with Crippen LogP contribution in [0.5, 0.6) is 0 Å². The molecule has 1 fully saturated rings. The molecule has 3 aromatic rings. The summed E-state index contributed by atoms with van der Waals surface area (Å²) >= 11 is 1.70. The molecule has 1 saturated heterocycles. The Labute approximate surface area is 174 Å². The van der Waals surface area contributed by atoms with Crippen molar-refractivity contribution >= 4 is 22.4 Å². The Kier molecular flexibility index (Phi) is 6.45. The van der Waals surface area contributed by atoms with Gasteiger partial charge in [-0.05, 0) is 24.5 Å². The van der Waals surface area contributed by atoms with Crippen LogP contribution in [0.1, 0.15) is 31.4 Å². The molecule has 0 aliphatic carbocycles. The second-order valence-electron chi connectivity index (χ2n) is 7.09. The number of rotatable bonds is 9. The van der Waals surface area contributed by atoms with E-state index in [0.717, 1.165) is 35.9 Å². The highest BCUT2D eigenvalue weighted by molar-refractivity contribution is 7.13. The summed E-state index contributed by atoms with van der Waals surface area (Å²) in [6.45, 7) is 3.40. The SMILES string of the molecule is O=C(CCCn1nnc(-c2ccccc2)n1)NCCc1csc(N2CCCC2)n1. The van der Waals surface area contributed by atoms with Gasteiger partial charge in [-0.1, -0.05) is 30.3 Å². The predicted octanol–water partition coefficient (Wildman–Crippen LogP) is 2.54. The molecule has 0 atom stereocenters. The summed E-state index contributed by atoms with van der Waals surface area (Å²) in [5.74, 6) is 0.648. The number of carbonyl (C=O) groups is 1. The van der Waals surface area contributed by atoms with Crippen molar-refractivity contribution in [2.24, 2.45) is 0 Å². The lowest BCUT2D eigenvalue weighted by molar-refractivity contribution is -0.121. The quantitative estimate of drug-likeness (QED) is 0.582. The fourth-order valence-corrected chi connectivity index (χ4v) is 4.22. The molecule has 0 unspecified atom stereocenters. The van der Waals surface area contributed by atoms with Gasteiger partial charge in [0.1, 0.15) is 0 Å². The zero-order valence-electron chi connectivity index (χ0n) is 16.3. The van der Waals surface area contributed by atoms with Crippen LogP contribution in [0, 0.1) is 0 Å². The minimum Gasteiger partial charge on any atom is -0.356 e. The Morgan fingerprint density at radius 3 is 2.83 bits per heavy atom. The largest absolute Gasteiger partial charge is 0.356 e. The molecule has 29 heavy (non-hydrogen) atoms. The zero-order valence-corrected chi connectivity index (χ0v) is 17.1. The summed E-state index contributed by atoms with van der Waals surface area (Å²) in [6.07, 6.45) is 4.39. The number of aromatic nitrogens is 5. The Morgan fingerprint density at radius 2 is 2.00 bits per heavy atom. The molecule has 0 radical (unpaired) electrons. The number of hydrogen-bond acceptors (Lipinski definition) is 7. The highest BCUT2D eigenvalue weighted by atomic mass is 32.1. The van der Waals surface area contributed by atoms with Crippen molar-refractivity contribution in [1.82, 2.24) is 30.5 Å². The maximum Gasteiger partial charge on any atom is 0.220 e. The van der Waals surface area contributed by atoms with Gasteiger partial charge in [-0.15, -0.1) is 21.5 Å². The maximum atomic E-state index is 12.1. The fraction of sp³-hybridized carbons (Fsp3) is 0.450. The van der Waals surface area contributed by atoms with Crippen LogP contribution in [-0.4, -0.2) is 50.7 Å². The third-order valence-electron chi connectivity index (χ3n) is 4.87. The number of anilines is 1. The molecule has 1 aliphatic heterocycles. The van der Waals surface area contributed by atoms with E-state index < -0.39 is 0 Å². The summed E-state index contributed by atoms with van der Waals surface area (Å²) < 4.78 is 0. The first-order valence-electron chi connectivity index (χ1n) is 10.1. The van der Waals surface area contributed by atoms with E-state index in [4.69, 9.17) is 0 Å². The average molecular weight is 412 g/mol. The normalized spacial score (nSPS) is 13.7. The van der Waals surface area contributed by atoms with Gasteiger partial charge in [0.2, 0.25) is 11.7 Å². The van der Waals surface area contributed by atoms with Crippen molar-refractivity contribution in [3.63, 3.8) is 0 Å². The highest BCUT2D eigenvalue weighted by Gasteiger charge is 2.15. The van der Waals surface area contributed by atoms with Crippen LogP contribution in [0.4, 0.5) is 5.13 Å². The Hall–Kier alpha value is -2.81. The minimum absolute atomic E-state index is 0.0448. The van der Waals surface area contributed by atoms with Crippen LogP contribution in [0.25, 0.3) is 11.4 Å². The van der Waals surface area contributed by atoms with Crippen LogP contribution >= 0.6 is 11.3 Å². The summed E-state index contributed by atoms with van der Waals surface area (Å²) in [5.41, 5.74) is 1.99. The minimum atomic E-state index is 0.0448. The number of aryl methyl sites for hydroxylation is 1. The van der Waals surface area contributed by atoms with Crippen LogP contribution in [-0.2, 0) is 17.8 Å². The van der Waals surface area contributed by atoms with Gasteiger partial charge < -0.3 is 10.2 Å². The second-order valence-corrected chi connectivity index (χ2v) is 7.93. The third-order valence-corrected chi connectivity index (χ3v) is 5.82. The van der Waals surface area contributed by atoms with Gasteiger partial charge >= 0.3 is 0 Å². The van der Waals surface area contributed by atoms with E-state index >= 15 is 0 Å². The number of carbonyl (C=O) groups excluding carboxylic acids is 1. The Morgan fingerprint density at radius 1 is 1.17 bits per heavy atom. The van der Waals surface area contributed by atoms with E-state index in [1.165, 1.54) is 12.8 Å². The molecule has 1 amide bonds. The Bertz CT molecular complexity index is 918. The standard InChI is InChI=1S/C20H25N7OS/c28-18(21-11-10-17-15-29-20(22-17)26-12-4-5-13-26)9-6-14-27-24-19(23-25-27)16-7-2-1-3-8-16/h1-3,7-8,15H,4-6,9-14H2,(H,21,28). The molecule has 0 saturated carbocycles. The van der Waals surface area contributed by atoms with E-state index in [-0.39, 0.29) is 5.91 Å². The first kappa shape index (κ1) is 19.5. The predicted molar refractivity (Wildman–Crippen MR) is 113 cm³/mol. The highest BCUT2D eigenvalue weighted by Crippen LogP contribution is 2.24. The number of thiazole rings is 1. The van der Waals surface area contributed by atoms with Gasteiger partial charge in [0.05, 0.1) is 12.2 Å². The van der Waals surface area contributed by atoms with Crippen LogP contribution in [0.2, 0.25) is 0 Å². The fourth-order valence-electron chi connectivity index (χ4n) is 3.30. The number of amides is 1. The molecule has 1 aromatic carbocycles. The monoisotopic (exact) mass is 411 g/mol. The van der Waals surface area contributed by atoms with Gasteiger partial charge in [0, 0.05) is 43.4 Å². The third kappa shape index (κ3) is 5.38. The molecular weight excluding hydrogens is 386 g/mol. The molecule has 152 valence electrons. The molecular formula is C20H25N7OS.